The van der Waals surface area contributed by atoms with Crippen LogP contribution in [0.5, 0.6) is 0 Å². The van der Waals surface area contributed by atoms with Crippen LogP contribution in [0.15, 0.2) is 70.2 Å². The Balaban J connectivity index is 0.983. The first-order chi connectivity index (χ1) is 31.0. The third kappa shape index (κ3) is 5.81. The summed E-state index contributed by atoms with van der Waals surface area (Å²) >= 11 is 0. The van der Waals surface area contributed by atoms with Crippen molar-refractivity contribution in [2.45, 2.75) is 89.8 Å². The van der Waals surface area contributed by atoms with E-state index in [0.717, 1.165) is 53.4 Å². The summed E-state index contributed by atoms with van der Waals surface area (Å²) in [5.41, 5.74) is 6.00. The van der Waals surface area contributed by atoms with Gasteiger partial charge < -0.3 is 14.2 Å². The van der Waals surface area contributed by atoms with Crippen LogP contribution in [0.3, 0.4) is 0 Å². The summed E-state index contributed by atoms with van der Waals surface area (Å²) in [6, 6.07) is 15.2. The number of rotatable bonds is 8. The lowest BCUT2D eigenvalue weighted by molar-refractivity contribution is 0.0663. The highest BCUT2D eigenvalue weighted by Gasteiger charge is 2.59. The minimum atomic E-state index is -0.816. The molecule has 15 nitrogen and oxygen atoms in total. The summed E-state index contributed by atoms with van der Waals surface area (Å²) in [4.78, 5) is 32.5. The number of halogens is 2. The van der Waals surface area contributed by atoms with E-state index in [1.807, 2.05) is 28.6 Å². The number of aromatic nitrogens is 10. The van der Waals surface area contributed by atoms with Gasteiger partial charge in [0, 0.05) is 48.2 Å². The summed E-state index contributed by atoms with van der Waals surface area (Å²) in [6.45, 7) is 9.23. The van der Waals surface area contributed by atoms with Gasteiger partial charge in [0.05, 0.1) is 46.8 Å². The molecule has 2 saturated carbocycles. The second kappa shape index (κ2) is 14.1. The molecule has 0 radical (unpaired) electrons. The molecule has 7 heterocycles. The lowest BCUT2D eigenvalue weighted by Crippen LogP contribution is -2.41. The van der Waals surface area contributed by atoms with E-state index in [4.69, 9.17) is 14.4 Å². The molecule has 1 N–H and O–H groups in total. The van der Waals surface area contributed by atoms with Gasteiger partial charge in [-0.25, -0.2) is 22.9 Å². The van der Waals surface area contributed by atoms with Gasteiger partial charge in [-0.15, -0.1) is 5.10 Å². The number of hydrogen-bond acceptors (Lipinski definition) is 9. The van der Waals surface area contributed by atoms with Crippen molar-refractivity contribution < 1.29 is 22.8 Å². The van der Waals surface area contributed by atoms with Gasteiger partial charge in [-0.2, -0.15) is 10.2 Å². The zero-order chi connectivity index (χ0) is 43.8. The van der Waals surface area contributed by atoms with E-state index in [0.29, 0.717) is 83.7 Å². The van der Waals surface area contributed by atoms with Gasteiger partial charge in [-0.1, -0.05) is 23.4 Å². The number of nitrogens with zero attached hydrogens (tertiary/aromatic N) is 10. The van der Waals surface area contributed by atoms with Crippen LogP contribution in [0.2, 0.25) is 0 Å². The van der Waals surface area contributed by atoms with Crippen molar-refractivity contribution in [1.82, 2.24) is 54.2 Å². The first-order valence-electron chi connectivity index (χ1n) is 22.1. The van der Waals surface area contributed by atoms with Crippen molar-refractivity contribution >= 4 is 27.7 Å². The molecule has 1 amide bonds. The van der Waals surface area contributed by atoms with Gasteiger partial charge in [0.2, 0.25) is 0 Å². The van der Waals surface area contributed by atoms with E-state index in [9.17, 15) is 4.79 Å². The van der Waals surface area contributed by atoms with E-state index >= 15 is 13.6 Å². The number of benzene rings is 3. The number of H-pyrrole nitrogens is 1. The predicted molar refractivity (Wildman–Crippen MR) is 231 cm³/mol. The van der Waals surface area contributed by atoms with E-state index < -0.39 is 23.2 Å². The number of amides is 1. The fraction of sp³-hybridized carbons (Fsp3) is 0.383. The number of fused-ring (bicyclic) bond motifs is 3. The van der Waals surface area contributed by atoms with Crippen molar-refractivity contribution in [3.05, 3.63) is 123 Å². The topological polar surface area (TPSA) is 160 Å². The average molecular weight is 866 g/mol. The molecule has 12 rings (SSSR count). The molecule has 2 aliphatic carbocycles. The van der Waals surface area contributed by atoms with Crippen LogP contribution >= 0.6 is 0 Å². The van der Waals surface area contributed by atoms with Crippen LogP contribution in [-0.2, 0) is 16.7 Å². The number of carbonyl (C=O) groups is 1. The molecule has 5 aromatic heterocycles. The summed E-state index contributed by atoms with van der Waals surface area (Å²) in [5.74, 6) is -0.355. The van der Waals surface area contributed by atoms with Gasteiger partial charge in [-0.3, -0.25) is 19.0 Å². The van der Waals surface area contributed by atoms with Crippen molar-refractivity contribution in [3.8, 4) is 22.8 Å². The Morgan fingerprint density at radius 2 is 1.72 bits per heavy atom. The molecule has 3 unspecified atom stereocenters. The molecule has 8 aromatic rings. The highest BCUT2D eigenvalue weighted by atomic mass is 19.1. The Morgan fingerprint density at radius 3 is 2.44 bits per heavy atom. The first kappa shape index (κ1) is 38.9. The second-order valence-corrected chi connectivity index (χ2v) is 18.2. The number of hydrogen-bond donors (Lipinski definition) is 1. The van der Waals surface area contributed by atoms with Gasteiger partial charge in [0.25, 0.3) is 5.91 Å². The van der Waals surface area contributed by atoms with E-state index in [2.05, 4.69) is 55.2 Å². The van der Waals surface area contributed by atoms with Crippen molar-refractivity contribution in [2.24, 2.45) is 5.92 Å². The van der Waals surface area contributed by atoms with E-state index in [-0.39, 0.29) is 29.2 Å². The molecule has 17 heteroatoms. The monoisotopic (exact) mass is 865 g/mol. The normalized spacial score (nSPS) is 21.3. The average Bonchev–Trinajstić information content (AvgIpc) is 3.78. The highest BCUT2D eigenvalue weighted by Crippen LogP contribution is 2.56. The molecule has 0 bridgehead atoms. The van der Waals surface area contributed by atoms with Gasteiger partial charge >= 0.3 is 5.76 Å². The Bertz CT molecular complexity index is 3250. The summed E-state index contributed by atoms with van der Waals surface area (Å²) in [7, 11) is 0. The third-order valence-electron chi connectivity index (χ3n) is 14.2. The molecule has 1 saturated heterocycles. The lowest BCUT2D eigenvalue weighted by Gasteiger charge is -2.34. The fourth-order valence-corrected chi connectivity index (χ4v) is 10.6. The quantitative estimate of drug-likeness (QED) is 0.161. The van der Waals surface area contributed by atoms with Crippen LogP contribution in [0.25, 0.3) is 44.6 Å². The van der Waals surface area contributed by atoms with Crippen molar-refractivity contribution in [3.63, 3.8) is 0 Å². The summed E-state index contributed by atoms with van der Waals surface area (Å²) < 4.78 is 49.4. The molecular formula is C47H45F2N11O4. The number of aromatic amines is 1. The highest BCUT2D eigenvalue weighted by molar-refractivity contribution is 6.00. The summed E-state index contributed by atoms with van der Waals surface area (Å²) in [5, 5.41) is 24.2. The Morgan fingerprint density at radius 1 is 0.953 bits per heavy atom. The molecule has 4 aliphatic rings. The molecule has 0 spiro atoms. The zero-order valence-electron chi connectivity index (χ0n) is 35.8. The third-order valence-corrected chi connectivity index (χ3v) is 14.2. The molecule has 64 heavy (non-hydrogen) atoms. The maximum Gasteiger partial charge on any atom is 0.438 e. The zero-order valence-corrected chi connectivity index (χ0v) is 35.8. The molecule has 3 fully saturated rings. The molecule has 3 atom stereocenters. The Kier molecular flexibility index (Phi) is 8.58. The minimum Gasteiger partial charge on any atom is -0.381 e. The van der Waals surface area contributed by atoms with Crippen molar-refractivity contribution in [1.29, 1.82) is 0 Å². The van der Waals surface area contributed by atoms with Crippen LogP contribution in [-0.4, -0.2) is 79.8 Å². The largest absolute Gasteiger partial charge is 0.438 e. The maximum absolute atomic E-state index is 16.3. The van der Waals surface area contributed by atoms with Crippen LogP contribution < -0.4 is 5.76 Å². The van der Waals surface area contributed by atoms with Gasteiger partial charge in [0.15, 0.2) is 11.6 Å². The minimum absolute atomic E-state index is 0.0323. The van der Waals surface area contributed by atoms with Crippen molar-refractivity contribution in [2.75, 3.05) is 19.8 Å². The van der Waals surface area contributed by atoms with Gasteiger partial charge in [0.1, 0.15) is 28.6 Å². The number of ether oxygens (including phenoxy) is 1. The standard InChI is InChI=1S/C47H45F2N11O4/c1-24-17-32(18-25(2)41(24)48)60-43(57-23-36(52-55-57)33-8-10-38-34(42(33)49)22-50-59(38)31-6-7-31)40-27(4)56(14-11-35(40)53-60)44(61)39-20-30-19-29(28-12-15-63-16-13-28)5-9-37(30)58(39)47(21-26(47)3)45-51-46(62)64-54-45/h5,8-10,17-20,22-23,26-28,31H,6-7,11-16,21H2,1-4H3,(H,51,54,62). The van der Waals surface area contributed by atoms with E-state index in [1.54, 1.807) is 53.8 Å². The SMILES string of the molecule is Cc1cc(-n2nc3c(c2-n2cc(-c4ccc5c(cnn5C5CC5)c4F)nn2)C(C)N(C(=O)c2cc4cc(C5CCOCC5)ccc4n2C2(c4noc(=O)[nH]4)CC2C)CC3)cc(C)c1F. The first-order valence-corrected chi connectivity index (χ1v) is 22.1. The van der Waals surface area contributed by atoms with E-state index in [1.165, 1.54) is 5.56 Å². The fourth-order valence-electron chi connectivity index (χ4n) is 10.6. The van der Waals surface area contributed by atoms with Crippen LogP contribution in [0.4, 0.5) is 8.78 Å². The number of carbonyl (C=O) groups excluding carboxylic acids is 1. The predicted octanol–water partition coefficient (Wildman–Crippen LogP) is 7.77. The second-order valence-electron chi connectivity index (χ2n) is 18.2. The van der Waals surface area contributed by atoms with Gasteiger partial charge in [-0.05, 0) is 124 Å². The Hall–Kier alpha value is -6.75. The lowest BCUT2D eigenvalue weighted by atomic mass is 9.91. The number of aryl methyl sites for hydroxylation is 2. The maximum atomic E-state index is 16.3. The molecule has 326 valence electrons. The van der Waals surface area contributed by atoms with Crippen LogP contribution in [0.1, 0.15) is 108 Å². The van der Waals surface area contributed by atoms with Crippen LogP contribution in [0, 0.1) is 31.4 Å². The molecular weight excluding hydrogens is 821 g/mol. The summed E-state index contributed by atoms with van der Waals surface area (Å²) in [6.07, 6.45) is 8.17. The Labute approximate surface area is 364 Å². The smallest absolute Gasteiger partial charge is 0.381 e. The number of nitrogens with one attached hydrogen (secondary N) is 1. The molecule has 3 aromatic carbocycles. The molecule has 2 aliphatic heterocycles.